The third-order valence-electron chi connectivity index (χ3n) is 2.43. The van der Waals surface area contributed by atoms with Crippen molar-refractivity contribution in [2.45, 2.75) is 27.5 Å². The van der Waals surface area contributed by atoms with Crippen LogP contribution in [0.15, 0.2) is 12.6 Å². The molecule has 0 aromatic carbocycles. The highest BCUT2D eigenvalue weighted by Crippen LogP contribution is 2.22. The fourth-order valence-electron chi connectivity index (χ4n) is 1.66. The topological polar surface area (TPSA) is 23.4 Å². The molecule has 0 aliphatic rings. The quantitative estimate of drug-likeness (QED) is 0.696. The van der Waals surface area contributed by atoms with Crippen molar-refractivity contribution in [2.24, 2.45) is 0 Å². The molecule has 0 bridgehead atoms. The van der Waals surface area contributed by atoms with Crippen molar-refractivity contribution in [1.82, 2.24) is 4.57 Å². The lowest BCUT2D eigenvalue weighted by Gasteiger charge is -2.13. The molecule has 0 spiro atoms. The zero-order valence-corrected chi connectivity index (χ0v) is 9.96. The second-order valence-electron chi connectivity index (χ2n) is 3.49. The predicted octanol–water partition coefficient (Wildman–Crippen LogP) is 2.72. The molecule has 84 valence electrons. The van der Waals surface area contributed by atoms with Crippen LogP contribution in [0.1, 0.15) is 23.9 Å². The molecule has 0 fully saturated rings. The fourth-order valence-corrected chi connectivity index (χ4v) is 1.66. The van der Waals surface area contributed by atoms with E-state index in [9.17, 15) is 0 Å². The Bertz CT molecular complexity index is 353. The number of ether oxygens (including phenoxy) is 2. The second-order valence-corrected chi connectivity index (χ2v) is 3.49. The van der Waals surface area contributed by atoms with Gasteiger partial charge < -0.3 is 14.0 Å². The third-order valence-corrected chi connectivity index (χ3v) is 2.43. The van der Waals surface area contributed by atoms with E-state index < -0.39 is 0 Å². The summed E-state index contributed by atoms with van der Waals surface area (Å²) in [5.74, 6) is 0.681. The molecule has 1 aromatic heterocycles. The lowest BCUT2D eigenvalue weighted by atomic mass is 10.2. The van der Waals surface area contributed by atoms with Gasteiger partial charge in [-0.1, -0.05) is 6.58 Å². The zero-order valence-electron chi connectivity index (χ0n) is 9.96. The summed E-state index contributed by atoms with van der Waals surface area (Å²) in [5.41, 5.74) is 3.34. The van der Waals surface area contributed by atoms with E-state index in [0.29, 0.717) is 19.1 Å². The summed E-state index contributed by atoms with van der Waals surface area (Å²) in [5, 5.41) is 0. The minimum atomic E-state index is 0.549. The van der Waals surface area contributed by atoms with Gasteiger partial charge in [0.05, 0.1) is 12.8 Å². The number of aromatic nitrogens is 1. The summed E-state index contributed by atoms with van der Waals surface area (Å²) in [6, 6.07) is 2.11. The molecule has 3 nitrogen and oxygen atoms in total. The molecule has 0 saturated heterocycles. The maximum atomic E-state index is 5.42. The number of methoxy groups -OCH3 is 1. The molecule has 1 aromatic rings. The van der Waals surface area contributed by atoms with E-state index in [-0.39, 0.29) is 0 Å². The molecule has 0 aliphatic carbocycles. The van der Waals surface area contributed by atoms with E-state index in [4.69, 9.17) is 9.47 Å². The van der Waals surface area contributed by atoms with E-state index in [1.807, 2.05) is 6.92 Å². The molecule has 1 rings (SSSR count). The summed E-state index contributed by atoms with van der Waals surface area (Å²) in [7, 11) is 1.63. The fraction of sp³-hybridized carbons (Fsp3) is 0.500. The minimum absolute atomic E-state index is 0.549. The van der Waals surface area contributed by atoms with Crippen molar-refractivity contribution in [1.29, 1.82) is 0 Å². The lowest BCUT2D eigenvalue weighted by molar-refractivity contribution is 0.0855. The van der Waals surface area contributed by atoms with Gasteiger partial charge in [-0.15, -0.1) is 0 Å². The molecule has 1 heterocycles. The van der Waals surface area contributed by atoms with Crippen LogP contribution in [0.25, 0.3) is 5.76 Å². The van der Waals surface area contributed by atoms with Crippen molar-refractivity contribution in [3.63, 3.8) is 0 Å². The second kappa shape index (κ2) is 5.03. The highest BCUT2D eigenvalue weighted by molar-refractivity contribution is 5.58. The Balaban J connectivity index is 3.05. The Hall–Kier alpha value is -1.22. The molecule has 15 heavy (non-hydrogen) atoms. The van der Waals surface area contributed by atoms with Crippen molar-refractivity contribution in [3.05, 3.63) is 29.6 Å². The Kier molecular flexibility index (Phi) is 3.97. The van der Waals surface area contributed by atoms with Gasteiger partial charge in [0.2, 0.25) is 0 Å². The van der Waals surface area contributed by atoms with Gasteiger partial charge in [0.1, 0.15) is 12.5 Å². The van der Waals surface area contributed by atoms with E-state index >= 15 is 0 Å². The van der Waals surface area contributed by atoms with E-state index in [0.717, 1.165) is 11.4 Å². The molecule has 0 aliphatic heterocycles. The smallest absolute Gasteiger partial charge is 0.135 e. The first-order valence-electron chi connectivity index (χ1n) is 5.09. The Morgan fingerprint density at radius 1 is 1.47 bits per heavy atom. The maximum Gasteiger partial charge on any atom is 0.135 e. The summed E-state index contributed by atoms with van der Waals surface area (Å²) in [6.45, 7) is 11.2. The van der Waals surface area contributed by atoms with Gasteiger partial charge in [0.25, 0.3) is 0 Å². The van der Waals surface area contributed by atoms with Gasteiger partial charge in [-0.3, -0.25) is 0 Å². The van der Waals surface area contributed by atoms with Crippen LogP contribution in [0.5, 0.6) is 0 Å². The van der Waals surface area contributed by atoms with Crippen molar-refractivity contribution < 1.29 is 9.47 Å². The summed E-state index contributed by atoms with van der Waals surface area (Å²) >= 11 is 0. The molecule has 0 radical (unpaired) electrons. The van der Waals surface area contributed by atoms with Crippen molar-refractivity contribution >= 4 is 5.76 Å². The molecular formula is C12H19NO2. The number of hydrogen-bond donors (Lipinski definition) is 0. The largest absolute Gasteiger partial charge is 0.495 e. The molecule has 0 N–H and O–H groups in total. The predicted molar refractivity (Wildman–Crippen MR) is 61.6 cm³/mol. The van der Waals surface area contributed by atoms with Crippen LogP contribution in [0.2, 0.25) is 0 Å². The van der Waals surface area contributed by atoms with Gasteiger partial charge in [0, 0.05) is 12.3 Å². The van der Waals surface area contributed by atoms with Gasteiger partial charge in [0.15, 0.2) is 0 Å². The highest BCUT2D eigenvalue weighted by Gasteiger charge is 2.12. The molecular weight excluding hydrogens is 190 g/mol. The van der Waals surface area contributed by atoms with Crippen LogP contribution in [0, 0.1) is 13.8 Å². The Labute approximate surface area is 91.3 Å². The molecule has 0 unspecified atom stereocenters. The van der Waals surface area contributed by atoms with E-state index in [1.165, 1.54) is 5.56 Å². The number of rotatable bonds is 5. The van der Waals surface area contributed by atoms with Crippen LogP contribution in [0.3, 0.4) is 0 Å². The number of aryl methyl sites for hydroxylation is 2. The standard InChI is InChI=1S/C12H19NO2/c1-6-15-8-13-10(3)7-9(2)12(13)11(4)14-5/h7H,4,6,8H2,1-3,5H3. The van der Waals surface area contributed by atoms with E-state index in [2.05, 4.69) is 31.1 Å². The lowest BCUT2D eigenvalue weighted by Crippen LogP contribution is -2.08. The van der Waals surface area contributed by atoms with Crippen LogP contribution < -0.4 is 0 Å². The van der Waals surface area contributed by atoms with Crippen LogP contribution >= 0.6 is 0 Å². The average molecular weight is 209 g/mol. The number of nitrogens with zero attached hydrogens (tertiary/aromatic N) is 1. The zero-order chi connectivity index (χ0) is 11.4. The summed E-state index contributed by atoms with van der Waals surface area (Å²) in [6.07, 6.45) is 0. The summed E-state index contributed by atoms with van der Waals surface area (Å²) < 4.78 is 12.7. The van der Waals surface area contributed by atoms with Gasteiger partial charge >= 0.3 is 0 Å². The molecule has 0 amide bonds. The van der Waals surface area contributed by atoms with E-state index in [1.54, 1.807) is 7.11 Å². The number of hydrogen-bond acceptors (Lipinski definition) is 2. The van der Waals surface area contributed by atoms with Gasteiger partial charge in [-0.05, 0) is 32.4 Å². The molecule has 0 saturated carbocycles. The molecule has 0 atom stereocenters. The third kappa shape index (κ3) is 2.42. The average Bonchev–Trinajstić information content (AvgIpc) is 2.49. The highest BCUT2D eigenvalue weighted by atomic mass is 16.5. The van der Waals surface area contributed by atoms with Crippen LogP contribution in [0.4, 0.5) is 0 Å². The SMILES string of the molecule is C=C(OC)c1c(C)cc(C)n1COCC. The van der Waals surface area contributed by atoms with Gasteiger partial charge in [-0.25, -0.2) is 0 Å². The minimum Gasteiger partial charge on any atom is -0.495 e. The van der Waals surface area contributed by atoms with Crippen LogP contribution in [-0.2, 0) is 16.2 Å². The van der Waals surface area contributed by atoms with Gasteiger partial charge in [-0.2, -0.15) is 0 Å². The molecule has 3 heteroatoms. The Morgan fingerprint density at radius 2 is 2.13 bits per heavy atom. The monoisotopic (exact) mass is 209 g/mol. The first-order valence-corrected chi connectivity index (χ1v) is 5.09. The first-order chi connectivity index (χ1) is 7.11. The maximum absolute atomic E-state index is 5.42. The Morgan fingerprint density at radius 3 is 2.67 bits per heavy atom. The normalized spacial score (nSPS) is 10.4. The van der Waals surface area contributed by atoms with Crippen molar-refractivity contribution in [2.75, 3.05) is 13.7 Å². The van der Waals surface area contributed by atoms with Crippen LogP contribution in [-0.4, -0.2) is 18.3 Å². The van der Waals surface area contributed by atoms with Crippen molar-refractivity contribution in [3.8, 4) is 0 Å². The first kappa shape index (κ1) is 11.9. The summed E-state index contributed by atoms with van der Waals surface area (Å²) in [4.78, 5) is 0.